The molecule has 0 aliphatic carbocycles. The lowest BCUT2D eigenvalue weighted by atomic mass is 10.1. The van der Waals surface area contributed by atoms with E-state index in [1.807, 2.05) is 0 Å². The molecule has 0 saturated heterocycles. The molecule has 72 heavy (non-hydrogen) atoms. The van der Waals surface area contributed by atoms with E-state index in [9.17, 15) is 14.7 Å². The molecule has 0 aromatic heterocycles. The first-order valence-electron chi connectivity index (χ1n) is 28.3. The summed E-state index contributed by atoms with van der Waals surface area (Å²) in [4.78, 5) is 24.5. The van der Waals surface area contributed by atoms with Gasteiger partial charge in [0.2, 0.25) is 0 Å². The van der Waals surface area contributed by atoms with Gasteiger partial charge in [0.25, 0.3) is 0 Å². The van der Waals surface area contributed by atoms with Crippen molar-refractivity contribution in [2.75, 3.05) is 13.2 Å². The molecule has 0 heterocycles. The van der Waals surface area contributed by atoms with Crippen molar-refractivity contribution in [3.05, 3.63) is 182 Å². The second-order valence-corrected chi connectivity index (χ2v) is 17.9. The Morgan fingerprint density at radius 2 is 0.556 bits per heavy atom. The number of aliphatic hydroxyl groups excluding tert-OH is 1. The fourth-order valence-corrected chi connectivity index (χ4v) is 7.02. The van der Waals surface area contributed by atoms with Crippen molar-refractivity contribution in [3.8, 4) is 0 Å². The zero-order valence-electron chi connectivity index (χ0n) is 45.6. The van der Waals surface area contributed by atoms with Gasteiger partial charge in [-0.05, 0) is 135 Å². The Kier molecular flexibility index (Phi) is 56.1. The van der Waals surface area contributed by atoms with Crippen LogP contribution >= 0.6 is 0 Å². The summed E-state index contributed by atoms with van der Waals surface area (Å²) in [7, 11) is 0. The molecule has 0 rings (SSSR count). The van der Waals surface area contributed by atoms with E-state index in [1.54, 1.807) is 0 Å². The number of aliphatic hydroxyl groups is 1. The van der Waals surface area contributed by atoms with Crippen molar-refractivity contribution in [1.29, 1.82) is 0 Å². The number of hydrogen-bond acceptors (Lipinski definition) is 5. The third-order valence-corrected chi connectivity index (χ3v) is 11.2. The molecule has 5 heteroatoms. The average molecular weight is 988 g/mol. The number of hydrogen-bond donors (Lipinski definition) is 1. The summed E-state index contributed by atoms with van der Waals surface area (Å²) >= 11 is 0. The van der Waals surface area contributed by atoms with E-state index in [-0.39, 0.29) is 25.2 Å². The molecular formula is C67H102O5. The van der Waals surface area contributed by atoms with Crippen molar-refractivity contribution in [2.24, 2.45) is 0 Å². The zero-order chi connectivity index (χ0) is 52.0. The van der Waals surface area contributed by atoms with Crippen LogP contribution in [0.4, 0.5) is 0 Å². The molecule has 0 aliphatic heterocycles. The van der Waals surface area contributed by atoms with E-state index in [0.717, 1.165) is 148 Å². The predicted octanol–water partition coefficient (Wildman–Crippen LogP) is 19.5. The van der Waals surface area contributed by atoms with Gasteiger partial charge in [0.15, 0.2) is 6.10 Å². The lowest BCUT2D eigenvalue weighted by Crippen LogP contribution is -2.28. The summed E-state index contributed by atoms with van der Waals surface area (Å²) in [6.07, 6.45) is 95.6. The minimum absolute atomic E-state index is 0.100. The van der Waals surface area contributed by atoms with Crippen LogP contribution < -0.4 is 0 Å². The Balaban J connectivity index is 3.68. The van der Waals surface area contributed by atoms with Gasteiger partial charge in [-0.2, -0.15) is 0 Å². The molecule has 0 radical (unpaired) electrons. The Morgan fingerprint density at radius 1 is 0.319 bits per heavy atom. The molecule has 0 fully saturated rings. The van der Waals surface area contributed by atoms with Gasteiger partial charge in [0.1, 0.15) is 6.61 Å². The molecule has 1 unspecified atom stereocenters. The van der Waals surface area contributed by atoms with Gasteiger partial charge in [-0.3, -0.25) is 9.59 Å². The van der Waals surface area contributed by atoms with E-state index >= 15 is 0 Å². The van der Waals surface area contributed by atoms with Gasteiger partial charge in [0.05, 0.1) is 6.61 Å². The number of unbranched alkanes of at least 4 members (excludes halogenated alkanes) is 11. The van der Waals surface area contributed by atoms with Crippen LogP contribution in [0.25, 0.3) is 0 Å². The van der Waals surface area contributed by atoms with Crippen LogP contribution in [0.3, 0.4) is 0 Å². The van der Waals surface area contributed by atoms with E-state index in [2.05, 4.69) is 196 Å². The van der Waals surface area contributed by atoms with E-state index in [4.69, 9.17) is 9.47 Å². The van der Waals surface area contributed by atoms with Gasteiger partial charge in [-0.15, -0.1) is 0 Å². The number of carbonyl (C=O) groups excluding carboxylic acids is 2. The first-order valence-corrected chi connectivity index (χ1v) is 28.3. The highest BCUT2D eigenvalue weighted by atomic mass is 16.6. The molecule has 0 saturated carbocycles. The highest BCUT2D eigenvalue weighted by Crippen LogP contribution is 2.13. The maximum atomic E-state index is 12.3. The second kappa shape index (κ2) is 60.3. The van der Waals surface area contributed by atoms with Gasteiger partial charge < -0.3 is 14.6 Å². The van der Waals surface area contributed by atoms with Gasteiger partial charge in [-0.25, -0.2) is 0 Å². The molecule has 0 spiro atoms. The molecule has 0 aliphatic rings. The largest absolute Gasteiger partial charge is 0.462 e. The summed E-state index contributed by atoms with van der Waals surface area (Å²) < 4.78 is 10.7. The highest BCUT2D eigenvalue weighted by molar-refractivity contribution is 5.70. The zero-order valence-corrected chi connectivity index (χ0v) is 45.6. The highest BCUT2D eigenvalue weighted by Gasteiger charge is 2.16. The molecule has 0 amide bonds. The first-order chi connectivity index (χ1) is 35.6. The van der Waals surface area contributed by atoms with Crippen molar-refractivity contribution in [2.45, 2.75) is 213 Å². The van der Waals surface area contributed by atoms with Crippen molar-refractivity contribution in [1.82, 2.24) is 0 Å². The molecule has 5 nitrogen and oxygen atoms in total. The number of carbonyl (C=O) groups is 2. The van der Waals surface area contributed by atoms with Crippen LogP contribution in [0.5, 0.6) is 0 Å². The van der Waals surface area contributed by atoms with Crippen molar-refractivity contribution >= 4 is 11.9 Å². The van der Waals surface area contributed by atoms with Crippen LogP contribution in [-0.4, -0.2) is 36.4 Å². The van der Waals surface area contributed by atoms with Crippen molar-refractivity contribution < 1.29 is 24.2 Å². The van der Waals surface area contributed by atoms with Crippen LogP contribution in [0, 0.1) is 0 Å². The number of rotatable bonds is 49. The molecule has 0 bridgehead atoms. The third kappa shape index (κ3) is 57.6. The molecule has 1 atom stereocenters. The standard InChI is InChI=1S/C67H102O5/c1-3-5-7-9-11-13-15-17-19-21-23-25-27-29-30-31-32-33-34-35-36-38-40-42-44-46-48-50-52-54-56-58-60-62-67(70)72-65(63-68)64-71-66(69)61-59-57-55-53-51-49-47-45-43-41-39-37-28-26-24-22-20-18-16-14-12-10-8-6-4-2/h5-8,11-14,17-20,23-26,29-30,32-33,35-37,39-40,42-43,45,49,51,65,68H,3-4,9-10,15-16,21-22,27-28,31,34,38,41,44,46-48,50,52-64H2,1-2H3/b7-5-,8-6-,13-11-,14-12-,19-17-,20-18-,25-23-,26-24-,30-29-,33-32-,36-35-,39-37-,42-40-,45-43-,51-49-. The fraction of sp³-hybridized carbons (Fsp3) is 0.522. The quantitative estimate of drug-likeness (QED) is 0.0374. The summed E-state index contributed by atoms with van der Waals surface area (Å²) in [5, 5.41) is 9.65. The minimum Gasteiger partial charge on any atom is -0.462 e. The van der Waals surface area contributed by atoms with Crippen LogP contribution in [0.15, 0.2) is 182 Å². The normalized spacial score (nSPS) is 13.7. The minimum atomic E-state index is -0.807. The Hall–Kier alpha value is -5.00. The molecular weight excluding hydrogens is 885 g/mol. The first kappa shape index (κ1) is 67.0. The van der Waals surface area contributed by atoms with Gasteiger partial charge in [0, 0.05) is 12.8 Å². The lowest BCUT2D eigenvalue weighted by molar-refractivity contribution is -0.161. The monoisotopic (exact) mass is 987 g/mol. The van der Waals surface area contributed by atoms with Gasteiger partial charge >= 0.3 is 11.9 Å². The summed E-state index contributed by atoms with van der Waals surface area (Å²) in [5.74, 6) is -0.655. The van der Waals surface area contributed by atoms with E-state index in [0.29, 0.717) is 12.8 Å². The molecule has 400 valence electrons. The molecule has 1 N–H and O–H groups in total. The van der Waals surface area contributed by atoms with Crippen molar-refractivity contribution in [3.63, 3.8) is 0 Å². The summed E-state index contributed by atoms with van der Waals surface area (Å²) in [6, 6.07) is 0. The topological polar surface area (TPSA) is 72.8 Å². The Labute approximate surface area is 442 Å². The lowest BCUT2D eigenvalue weighted by Gasteiger charge is -2.15. The van der Waals surface area contributed by atoms with E-state index < -0.39 is 6.10 Å². The smallest absolute Gasteiger partial charge is 0.306 e. The predicted molar refractivity (Wildman–Crippen MR) is 315 cm³/mol. The SMILES string of the molecule is CC/C=C\C/C=C\C/C=C\C/C=C\C/C=C\C/C=C\C/C=C\C/C=C\CCCCCCCCCCC(=O)OC(CO)COC(=O)CCCCC/C=C\C/C=C\C/C=C\C/C=C\C/C=C\C/C=C\C/C=C\CC. The molecule has 0 aromatic carbocycles. The molecule has 0 aromatic rings. The second-order valence-electron chi connectivity index (χ2n) is 17.9. The van der Waals surface area contributed by atoms with E-state index in [1.165, 1.54) is 32.1 Å². The van der Waals surface area contributed by atoms with Crippen LogP contribution in [0.2, 0.25) is 0 Å². The summed E-state index contributed by atoms with van der Waals surface area (Å²) in [6.45, 7) is 3.86. The Bertz CT molecular complexity index is 1680. The fourth-order valence-electron chi connectivity index (χ4n) is 7.02. The maximum Gasteiger partial charge on any atom is 0.306 e. The summed E-state index contributed by atoms with van der Waals surface area (Å²) in [5.41, 5.74) is 0. The maximum absolute atomic E-state index is 12.3. The van der Waals surface area contributed by atoms with Gasteiger partial charge in [-0.1, -0.05) is 241 Å². The Morgan fingerprint density at radius 3 is 0.847 bits per heavy atom. The van der Waals surface area contributed by atoms with Crippen LogP contribution in [0.1, 0.15) is 206 Å². The average Bonchev–Trinajstić information content (AvgIpc) is 3.38. The van der Waals surface area contributed by atoms with Crippen LogP contribution in [-0.2, 0) is 19.1 Å². The number of ether oxygens (including phenoxy) is 2. The number of esters is 2. The number of allylic oxidation sites excluding steroid dienone is 30. The third-order valence-electron chi connectivity index (χ3n) is 11.2.